The zero-order chi connectivity index (χ0) is 14.8. The highest BCUT2D eigenvalue weighted by molar-refractivity contribution is 5.97. The second-order valence-corrected chi connectivity index (χ2v) is 4.68. The van der Waals surface area contributed by atoms with Crippen LogP contribution in [-0.2, 0) is 4.79 Å². The number of rotatable bonds is 6. The Morgan fingerprint density at radius 2 is 2.15 bits per heavy atom. The molecule has 1 aromatic rings. The van der Waals surface area contributed by atoms with Gasteiger partial charge in [-0.1, -0.05) is 0 Å². The number of nitrogens with one attached hydrogen (secondary N) is 1. The van der Waals surface area contributed by atoms with E-state index in [-0.39, 0.29) is 24.0 Å². The van der Waals surface area contributed by atoms with Gasteiger partial charge in [0.05, 0.1) is 12.5 Å². The van der Waals surface area contributed by atoms with Gasteiger partial charge in [-0.15, -0.1) is 0 Å². The second kappa shape index (κ2) is 5.62. The Hall–Kier alpha value is -1.89. The number of ether oxygens (including phenoxy) is 2. The molecule has 1 aliphatic carbocycles. The molecule has 0 aromatic heterocycles. The van der Waals surface area contributed by atoms with Crippen molar-refractivity contribution >= 4 is 11.6 Å². The fourth-order valence-corrected chi connectivity index (χ4v) is 1.88. The average molecular weight is 286 g/mol. The van der Waals surface area contributed by atoms with Crippen molar-refractivity contribution in [3.63, 3.8) is 0 Å². The van der Waals surface area contributed by atoms with Crippen molar-refractivity contribution in [2.75, 3.05) is 19.0 Å². The second-order valence-electron chi connectivity index (χ2n) is 4.68. The van der Waals surface area contributed by atoms with Crippen LogP contribution in [-0.4, -0.2) is 26.2 Å². The number of nitrogens with two attached hydrogens (primary N) is 1. The summed E-state index contributed by atoms with van der Waals surface area (Å²) in [6, 6.07) is 4.31. The van der Waals surface area contributed by atoms with Crippen LogP contribution in [0.4, 0.5) is 14.5 Å². The molecule has 110 valence electrons. The molecule has 7 heteroatoms. The number of alkyl halides is 2. The molecule has 0 heterocycles. The number of carbonyl (C=O) groups excluding carboxylic acids is 1. The predicted molar refractivity (Wildman–Crippen MR) is 69.0 cm³/mol. The minimum absolute atomic E-state index is 0.127. The highest BCUT2D eigenvalue weighted by atomic mass is 19.3. The molecule has 0 aliphatic heterocycles. The summed E-state index contributed by atoms with van der Waals surface area (Å²) in [7, 11) is 1.35. The Balaban J connectivity index is 2.14. The van der Waals surface area contributed by atoms with E-state index >= 15 is 0 Å². The lowest BCUT2D eigenvalue weighted by molar-refractivity contribution is -0.120. The van der Waals surface area contributed by atoms with E-state index in [0.717, 1.165) is 12.8 Å². The monoisotopic (exact) mass is 286 g/mol. The highest BCUT2D eigenvalue weighted by Crippen LogP contribution is 2.45. The standard InChI is InChI=1S/C13H16F2N2O3/c1-19-9-3-2-8(6-10(9)20-12(14)15)17-11(18)13(7-16)4-5-13/h2-3,6,12H,4-5,7,16H2,1H3,(H,17,18). The van der Waals surface area contributed by atoms with Gasteiger partial charge in [-0.25, -0.2) is 0 Å². The molecule has 1 amide bonds. The van der Waals surface area contributed by atoms with Gasteiger partial charge in [0.2, 0.25) is 5.91 Å². The molecule has 1 aromatic carbocycles. The molecular formula is C13H16F2N2O3. The van der Waals surface area contributed by atoms with Crippen molar-refractivity contribution in [3.05, 3.63) is 18.2 Å². The zero-order valence-electron chi connectivity index (χ0n) is 11.0. The average Bonchev–Trinajstić information content (AvgIpc) is 3.19. The van der Waals surface area contributed by atoms with Crippen LogP contribution in [0.25, 0.3) is 0 Å². The molecular weight excluding hydrogens is 270 g/mol. The Labute approximate surface area is 115 Å². The minimum atomic E-state index is -2.96. The number of hydrogen-bond donors (Lipinski definition) is 2. The van der Waals surface area contributed by atoms with Crippen LogP contribution >= 0.6 is 0 Å². The first-order valence-electron chi connectivity index (χ1n) is 6.15. The molecule has 1 aliphatic rings. The fourth-order valence-electron chi connectivity index (χ4n) is 1.88. The summed E-state index contributed by atoms with van der Waals surface area (Å²) >= 11 is 0. The zero-order valence-corrected chi connectivity index (χ0v) is 11.0. The number of benzene rings is 1. The lowest BCUT2D eigenvalue weighted by atomic mass is 10.1. The molecule has 20 heavy (non-hydrogen) atoms. The van der Waals surface area contributed by atoms with Crippen molar-refractivity contribution in [1.29, 1.82) is 0 Å². The van der Waals surface area contributed by atoms with Crippen LogP contribution in [0.3, 0.4) is 0 Å². The van der Waals surface area contributed by atoms with E-state index in [9.17, 15) is 13.6 Å². The van der Waals surface area contributed by atoms with Crippen molar-refractivity contribution < 1.29 is 23.0 Å². The first kappa shape index (κ1) is 14.5. The molecule has 1 fully saturated rings. The first-order valence-corrected chi connectivity index (χ1v) is 6.15. The molecule has 0 saturated heterocycles. The van der Waals surface area contributed by atoms with Crippen molar-refractivity contribution in [1.82, 2.24) is 0 Å². The number of anilines is 1. The maximum absolute atomic E-state index is 12.3. The Kier molecular flexibility index (Phi) is 4.08. The van der Waals surface area contributed by atoms with Gasteiger partial charge in [0.25, 0.3) is 0 Å². The summed E-state index contributed by atoms with van der Waals surface area (Å²) < 4.78 is 33.9. The van der Waals surface area contributed by atoms with E-state index < -0.39 is 12.0 Å². The number of methoxy groups -OCH3 is 1. The summed E-state index contributed by atoms with van der Waals surface area (Å²) in [5.74, 6) is -0.158. The van der Waals surface area contributed by atoms with Crippen LogP contribution in [0.2, 0.25) is 0 Å². The number of hydrogen-bond acceptors (Lipinski definition) is 4. The van der Waals surface area contributed by atoms with Gasteiger partial charge in [-0.05, 0) is 25.0 Å². The topological polar surface area (TPSA) is 73.6 Å². The van der Waals surface area contributed by atoms with Crippen molar-refractivity contribution in [3.8, 4) is 11.5 Å². The summed E-state index contributed by atoms with van der Waals surface area (Å²) in [5, 5.41) is 2.66. The molecule has 0 atom stereocenters. The Bertz CT molecular complexity index is 504. The lowest BCUT2D eigenvalue weighted by Gasteiger charge is -2.15. The number of amides is 1. The summed E-state index contributed by atoms with van der Waals surface area (Å²) in [6.07, 6.45) is 1.48. The largest absolute Gasteiger partial charge is 0.493 e. The summed E-state index contributed by atoms with van der Waals surface area (Å²) in [4.78, 5) is 12.0. The van der Waals surface area contributed by atoms with E-state index in [2.05, 4.69) is 10.1 Å². The van der Waals surface area contributed by atoms with Crippen molar-refractivity contribution in [2.45, 2.75) is 19.5 Å². The number of halogens is 2. The molecule has 0 unspecified atom stereocenters. The van der Waals surface area contributed by atoms with E-state index in [4.69, 9.17) is 10.5 Å². The maximum atomic E-state index is 12.3. The number of carbonyl (C=O) groups is 1. The molecule has 0 radical (unpaired) electrons. The molecule has 0 bridgehead atoms. The molecule has 1 saturated carbocycles. The molecule has 2 rings (SSSR count). The fraction of sp³-hybridized carbons (Fsp3) is 0.462. The third-order valence-corrected chi connectivity index (χ3v) is 3.36. The van der Waals surface area contributed by atoms with E-state index in [1.807, 2.05) is 0 Å². The minimum Gasteiger partial charge on any atom is -0.493 e. The predicted octanol–water partition coefficient (Wildman–Crippen LogP) is 1.97. The quantitative estimate of drug-likeness (QED) is 0.838. The lowest BCUT2D eigenvalue weighted by Crippen LogP contribution is -2.30. The third kappa shape index (κ3) is 2.98. The SMILES string of the molecule is COc1ccc(NC(=O)C2(CN)CC2)cc1OC(F)F. The van der Waals surface area contributed by atoms with Crippen LogP contribution < -0.4 is 20.5 Å². The van der Waals surface area contributed by atoms with Gasteiger partial charge in [-0.2, -0.15) is 8.78 Å². The van der Waals surface area contributed by atoms with E-state index in [1.54, 1.807) is 6.07 Å². The van der Waals surface area contributed by atoms with Crippen LogP contribution in [0.1, 0.15) is 12.8 Å². The third-order valence-electron chi connectivity index (χ3n) is 3.36. The van der Waals surface area contributed by atoms with Crippen LogP contribution in [0.15, 0.2) is 18.2 Å². The molecule has 5 nitrogen and oxygen atoms in total. The smallest absolute Gasteiger partial charge is 0.387 e. The molecule has 3 N–H and O–H groups in total. The van der Waals surface area contributed by atoms with Gasteiger partial charge in [-0.3, -0.25) is 4.79 Å². The first-order chi connectivity index (χ1) is 9.50. The van der Waals surface area contributed by atoms with Crippen molar-refractivity contribution in [2.24, 2.45) is 11.1 Å². The normalized spacial score (nSPS) is 15.8. The van der Waals surface area contributed by atoms with Gasteiger partial charge in [0.15, 0.2) is 11.5 Å². The van der Waals surface area contributed by atoms with Gasteiger partial charge >= 0.3 is 6.61 Å². The van der Waals surface area contributed by atoms with E-state index in [1.165, 1.54) is 19.2 Å². The van der Waals surface area contributed by atoms with Crippen LogP contribution in [0.5, 0.6) is 11.5 Å². The summed E-state index contributed by atoms with van der Waals surface area (Å²) in [5.41, 5.74) is 5.42. The highest BCUT2D eigenvalue weighted by Gasteiger charge is 2.48. The van der Waals surface area contributed by atoms with E-state index in [0.29, 0.717) is 5.69 Å². The maximum Gasteiger partial charge on any atom is 0.387 e. The van der Waals surface area contributed by atoms with Gasteiger partial charge < -0.3 is 20.5 Å². The Morgan fingerprint density at radius 3 is 2.65 bits per heavy atom. The van der Waals surface area contributed by atoms with Crippen LogP contribution in [0, 0.1) is 5.41 Å². The Morgan fingerprint density at radius 1 is 1.45 bits per heavy atom. The van der Waals surface area contributed by atoms with Gasteiger partial charge in [0.1, 0.15) is 0 Å². The summed E-state index contributed by atoms with van der Waals surface area (Å²) in [6.45, 7) is -2.69. The molecule has 0 spiro atoms. The van der Waals surface area contributed by atoms with Gasteiger partial charge in [0, 0.05) is 18.3 Å².